The average molecular weight is 414 g/mol. The highest BCUT2D eigenvalue weighted by atomic mass is 79.9. The molecule has 7 heteroatoms. The Labute approximate surface area is 160 Å². The number of rotatable bonds is 4. The Kier molecular flexibility index (Phi) is 4.72. The molecule has 1 saturated heterocycles. The Hall–Kier alpha value is -2.28. The molecule has 1 fully saturated rings. The third-order valence-electron chi connectivity index (χ3n) is 4.56. The second-order valence-corrected chi connectivity index (χ2v) is 7.57. The van der Waals surface area contributed by atoms with Gasteiger partial charge in [-0.25, -0.2) is 9.97 Å². The van der Waals surface area contributed by atoms with Crippen LogP contribution in [0.2, 0.25) is 0 Å². The van der Waals surface area contributed by atoms with Gasteiger partial charge in [0.05, 0.1) is 0 Å². The largest absolute Gasteiger partial charge is 0.344 e. The van der Waals surface area contributed by atoms with E-state index in [9.17, 15) is 0 Å². The van der Waals surface area contributed by atoms with Crippen LogP contribution < -0.4 is 4.90 Å². The van der Waals surface area contributed by atoms with Crippen LogP contribution in [0.25, 0.3) is 11.4 Å². The molecule has 0 bridgehead atoms. The molecule has 1 atom stereocenters. The smallest absolute Gasteiger partial charge is 0.249 e. The van der Waals surface area contributed by atoms with E-state index in [2.05, 4.69) is 49.8 Å². The van der Waals surface area contributed by atoms with E-state index in [0.29, 0.717) is 17.6 Å². The zero-order valence-electron chi connectivity index (χ0n) is 14.8. The Morgan fingerprint density at radius 3 is 2.85 bits per heavy atom. The van der Waals surface area contributed by atoms with Gasteiger partial charge in [0, 0.05) is 28.7 Å². The molecule has 0 N–H and O–H groups in total. The fourth-order valence-corrected chi connectivity index (χ4v) is 3.68. The van der Waals surface area contributed by atoms with Gasteiger partial charge >= 0.3 is 0 Å². The Morgan fingerprint density at radius 1 is 1.19 bits per heavy atom. The summed E-state index contributed by atoms with van der Waals surface area (Å²) in [5.41, 5.74) is 0.927. The molecule has 26 heavy (non-hydrogen) atoms. The van der Waals surface area contributed by atoms with Crippen LogP contribution in [-0.2, 0) is 0 Å². The minimum absolute atomic E-state index is 0.0497. The summed E-state index contributed by atoms with van der Waals surface area (Å²) >= 11 is 3.55. The van der Waals surface area contributed by atoms with Crippen molar-refractivity contribution in [3.63, 3.8) is 0 Å². The van der Waals surface area contributed by atoms with Gasteiger partial charge in [0.15, 0.2) is 0 Å². The topological polar surface area (TPSA) is 67.9 Å². The van der Waals surface area contributed by atoms with Crippen LogP contribution in [0.1, 0.15) is 50.4 Å². The first-order valence-electron chi connectivity index (χ1n) is 8.81. The molecule has 0 spiro atoms. The summed E-state index contributed by atoms with van der Waals surface area (Å²) in [6, 6.07) is 9.89. The summed E-state index contributed by atoms with van der Waals surface area (Å²) in [7, 11) is 0. The van der Waals surface area contributed by atoms with Crippen LogP contribution in [0, 0.1) is 0 Å². The summed E-state index contributed by atoms with van der Waals surface area (Å²) in [6.45, 7) is 5.12. The van der Waals surface area contributed by atoms with Gasteiger partial charge in [-0.15, -0.1) is 0 Å². The zero-order valence-corrected chi connectivity index (χ0v) is 16.3. The van der Waals surface area contributed by atoms with Crippen molar-refractivity contribution in [2.24, 2.45) is 0 Å². The third-order valence-corrected chi connectivity index (χ3v) is 5.26. The molecule has 1 aliphatic heterocycles. The van der Waals surface area contributed by atoms with E-state index in [1.165, 1.54) is 0 Å². The van der Waals surface area contributed by atoms with Crippen molar-refractivity contribution < 1.29 is 4.52 Å². The van der Waals surface area contributed by atoms with E-state index in [4.69, 9.17) is 9.51 Å². The number of anilines is 1. The number of aromatic nitrogens is 4. The van der Waals surface area contributed by atoms with E-state index >= 15 is 0 Å². The monoisotopic (exact) mass is 413 g/mol. The van der Waals surface area contributed by atoms with Crippen LogP contribution in [0.3, 0.4) is 0 Å². The van der Waals surface area contributed by atoms with Crippen molar-refractivity contribution in [3.05, 3.63) is 52.7 Å². The molecular weight excluding hydrogens is 394 g/mol. The van der Waals surface area contributed by atoms with E-state index in [1.807, 2.05) is 36.5 Å². The second kappa shape index (κ2) is 7.15. The lowest BCUT2D eigenvalue weighted by Gasteiger charge is -2.23. The first kappa shape index (κ1) is 17.1. The van der Waals surface area contributed by atoms with E-state index in [1.54, 1.807) is 0 Å². The van der Waals surface area contributed by atoms with Gasteiger partial charge in [-0.1, -0.05) is 47.1 Å². The molecule has 4 rings (SSSR count). The number of hydrogen-bond donors (Lipinski definition) is 0. The number of hydrogen-bond acceptors (Lipinski definition) is 6. The lowest BCUT2D eigenvalue weighted by molar-refractivity contribution is 0.354. The van der Waals surface area contributed by atoms with Gasteiger partial charge in [-0.05, 0) is 31.0 Å². The van der Waals surface area contributed by atoms with Gasteiger partial charge in [-0.2, -0.15) is 4.98 Å². The molecule has 6 nitrogen and oxygen atoms in total. The lowest BCUT2D eigenvalue weighted by Crippen LogP contribution is -2.24. The molecule has 0 saturated carbocycles. The summed E-state index contributed by atoms with van der Waals surface area (Å²) in [5, 5.41) is 4.19. The van der Waals surface area contributed by atoms with Crippen LogP contribution >= 0.6 is 15.9 Å². The maximum Gasteiger partial charge on any atom is 0.249 e. The summed E-state index contributed by atoms with van der Waals surface area (Å²) in [4.78, 5) is 16.0. The first-order chi connectivity index (χ1) is 12.6. The minimum atomic E-state index is 0.0497. The molecule has 3 heterocycles. The van der Waals surface area contributed by atoms with Gasteiger partial charge < -0.3 is 9.42 Å². The van der Waals surface area contributed by atoms with Gasteiger partial charge in [0.2, 0.25) is 11.7 Å². The molecule has 1 aliphatic rings. The van der Waals surface area contributed by atoms with Crippen molar-refractivity contribution in [1.29, 1.82) is 0 Å². The molecule has 0 amide bonds. The SMILES string of the molecule is CC(C)c1nccc(N2CCCC2c2nc(-c3ccccc3Br)no2)n1. The predicted molar refractivity (Wildman–Crippen MR) is 103 cm³/mol. The Bertz CT molecular complexity index is 910. The van der Waals surface area contributed by atoms with E-state index in [-0.39, 0.29) is 6.04 Å². The highest BCUT2D eigenvalue weighted by Gasteiger charge is 2.32. The highest BCUT2D eigenvalue weighted by molar-refractivity contribution is 9.10. The number of benzene rings is 1. The lowest BCUT2D eigenvalue weighted by atomic mass is 10.2. The minimum Gasteiger partial charge on any atom is -0.344 e. The Morgan fingerprint density at radius 2 is 2.04 bits per heavy atom. The summed E-state index contributed by atoms with van der Waals surface area (Å²) in [6.07, 6.45) is 3.87. The van der Waals surface area contributed by atoms with Crippen molar-refractivity contribution >= 4 is 21.7 Å². The van der Waals surface area contributed by atoms with Crippen molar-refractivity contribution in [2.75, 3.05) is 11.4 Å². The van der Waals surface area contributed by atoms with E-state index in [0.717, 1.165) is 41.1 Å². The summed E-state index contributed by atoms with van der Waals surface area (Å²) < 4.78 is 6.57. The van der Waals surface area contributed by atoms with Crippen molar-refractivity contribution in [2.45, 2.75) is 38.6 Å². The standard InChI is InChI=1S/C19H20BrN5O/c1-12(2)17-21-10-9-16(22-17)25-11-5-8-15(25)19-23-18(24-26-19)13-6-3-4-7-14(13)20/h3-4,6-7,9-10,12,15H,5,8,11H2,1-2H3. The van der Waals surface area contributed by atoms with Crippen LogP contribution in [0.15, 0.2) is 45.5 Å². The quantitative estimate of drug-likeness (QED) is 0.614. The van der Waals surface area contributed by atoms with Crippen LogP contribution in [0.5, 0.6) is 0 Å². The fraction of sp³-hybridized carbons (Fsp3) is 0.368. The molecule has 2 aromatic heterocycles. The van der Waals surface area contributed by atoms with Crippen LogP contribution in [0.4, 0.5) is 5.82 Å². The maximum atomic E-state index is 5.62. The zero-order chi connectivity index (χ0) is 18.1. The fourth-order valence-electron chi connectivity index (χ4n) is 3.22. The summed E-state index contributed by atoms with van der Waals surface area (Å²) in [5.74, 6) is 3.31. The van der Waals surface area contributed by atoms with E-state index < -0.39 is 0 Å². The van der Waals surface area contributed by atoms with Crippen LogP contribution in [-0.4, -0.2) is 26.7 Å². The molecule has 1 unspecified atom stereocenters. The Balaban J connectivity index is 1.64. The molecule has 0 radical (unpaired) electrons. The highest BCUT2D eigenvalue weighted by Crippen LogP contribution is 2.36. The number of halogens is 1. The molecule has 134 valence electrons. The van der Waals surface area contributed by atoms with Gasteiger partial charge in [0.25, 0.3) is 0 Å². The second-order valence-electron chi connectivity index (χ2n) is 6.72. The van der Waals surface area contributed by atoms with Crippen molar-refractivity contribution in [1.82, 2.24) is 20.1 Å². The maximum absolute atomic E-state index is 5.62. The predicted octanol–water partition coefficient (Wildman–Crippen LogP) is 4.75. The first-order valence-corrected chi connectivity index (χ1v) is 9.61. The van der Waals surface area contributed by atoms with Gasteiger partial charge in [-0.3, -0.25) is 0 Å². The third kappa shape index (κ3) is 3.23. The van der Waals surface area contributed by atoms with Gasteiger partial charge in [0.1, 0.15) is 17.7 Å². The molecule has 0 aliphatic carbocycles. The number of nitrogens with zero attached hydrogens (tertiary/aromatic N) is 5. The average Bonchev–Trinajstić information content (AvgIpc) is 3.31. The molecule has 3 aromatic rings. The molecule has 1 aromatic carbocycles. The molecular formula is C19H20BrN5O. The normalized spacial score (nSPS) is 17.2. The van der Waals surface area contributed by atoms with Crippen molar-refractivity contribution in [3.8, 4) is 11.4 Å².